The van der Waals surface area contributed by atoms with Crippen molar-refractivity contribution in [2.45, 2.75) is 18.1 Å². The molecular formula is C22H19FN2O4S. The third-order valence-corrected chi connectivity index (χ3v) is 6.66. The van der Waals surface area contributed by atoms with Crippen molar-refractivity contribution in [3.8, 4) is 17.6 Å². The number of halogens is 1. The maximum Gasteiger partial charge on any atom is 0.231 e. The summed E-state index contributed by atoms with van der Waals surface area (Å²) < 4.78 is 25.0. The highest BCUT2D eigenvalue weighted by Crippen LogP contribution is 2.52. The van der Waals surface area contributed by atoms with Crippen LogP contribution in [0.15, 0.2) is 53.1 Å². The van der Waals surface area contributed by atoms with E-state index in [4.69, 9.17) is 9.47 Å². The minimum atomic E-state index is -1.65. The molecule has 0 aromatic heterocycles. The number of thioether (sulfide) groups is 1. The molecule has 1 amide bonds. The van der Waals surface area contributed by atoms with Crippen molar-refractivity contribution in [2.24, 2.45) is 0 Å². The Kier molecular flexibility index (Phi) is 5.18. The molecule has 2 heterocycles. The van der Waals surface area contributed by atoms with Crippen LogP contribution in [0.2, 0.25) is 0 Å². The number of rotatable bonds is 4. The van der Waals surface area contributed by atoms with Crippen LogP contribution < -0.4 is 9.47 Å². The Morgan fingerprint density at radius 1 is 1.23 bits per heavy atom. The Bertz CT molecular complexity index is 1100. The fourth-order valence-electron chi connectivity index (χ4n) is 3.95. The summed E-state index contributed by atoms with van der Waals surface area (Å²) in [4.78, 5) is 14.4. The minimum absolute atomic E-state index is 0.108. The molecule has 0 spiro atoms. The van der Waals surface area contributed by atoms with Crippen molar-refractivity contribution >= 4 is 17.7 Å². The summed E-state index contributed by atoms with van der Waals surface area (Å²) in [6.07, 6.45) is -0.108. The number of benzene rings is 2. The molecule has 0 radical (unpaired) electrons. The van der Waals surface area contributed by atoms with E-state index >= 15 is 0 Å². The van der Waals surface area contributed by atoms with E-state index in [0.29, 0.717) is 27.7 Å². The lowest BCUT2D eigenvalue weighted by atomic mass is 9.85. The molecule has 0 unspecified atom stereocenters. The molecule has 2 aromatic rings. The van der Waals surface area contributed by atoms with Gasteiger partial charge in [-0.3, -0.25) is 9.69 Å². The number of hydrogen-bond donors (Lipinski definition) is 1. The monoisotopic (exact) mass is 426 g/mol. The van der Waals surface area contributed by atoms with Crippen molar-refractivity contribution in [1.82, 2.24) is 4.90 Å². The Labute approximate surface area is 177 Å². The van der Waals surface area contributed by atoms with E-state index in [0.717, 1.165) is 0 Å². The fraction of sp³-hybridized carbons (Fsp3) is 0.273. The van der Waals surface area contributed by atoms with Gasteiger partial charge in [0.05, 0.1) is 36.6 Å². The Morgan fingerprint density at radius 2 is 1.97 bits per heavy atom. The molecule has 0 saturated carbocycles. The zero-order valence-corrected chi connectivity index (χ0v) is 17.2. The molecule has 2 aliphatic heterocycles. The maximum atomic E-state index is 14.4. The number of aliphatic hydroxyl groups is 1. The molecule has 30 heavy (non-hydrogen) atoms. The van der Waals surface area contributed by atoms with Gasteiger partial charge < -0.3 is 14.6 Å². The van der Waals surface area contributed by atoms with Crippen molar-refractivity contribution < 1.29 is 23.8 Å². The summed E-state index contributed by atoms with van der Waals surface area (Å²) in [5, 5.41) is 21.7. The molecule has 0 bridgehead atoms. The molecule has 2 atom stereocenters. The van der Waals surface area contributed by atoms with Gasteiger partial charge in [0.2, 0.25) is 5.91 Å². The van der Waals surface area contributed by atoms with Crippen molar-refractivity contribution in [1.29, 1.82) is 5.26 Å². The highest BCUT2D eigenvalue weighted by Gasteiger charge is 2.52. The van der Waals surface area contributed by atoms with E-state index in [1.54, 1.807) is 36.4 Å². The SMILES string of the molecule is COc1ccc([C@]2(O)CSC3=C(C#N)[C@H](c4ccccc4F)CC(=O)N32)cc1OC. The molecular weight excluding hydrogens is 407 g/mol. The minimum Gasteiger partial charge on any atom is -0.493 e. The second-order valence-corrected chi connectivity index (χ2v) is 7.98. The molecule has 2 aliphatic rings. The number of ether oxygens (including phenoxy) is 2. The number of carbonyl (C=O) groups is 1. The van der Waals surface area contributed by atoms with E-state index < -0.39 is 17.5 Å². The van der Waals surface area contributed by atoms with Crippen LogP contribution in [0.1, 0.15) is 23.5 Å². The zero-order valence-electron chi connectivity index (χ0n) is 16.4. The summed E-state index contributed by atoms with van der Waals surface area (Å²) in [6.45, 7) is 0. The third kappa shape index (κ3) is 3.02. The van der Waals surface area contributed by atoms with E-state index in [1.165, 1.54) is 36.9 Å². The molecule has 0 aliphatic carbocycles. The third-order valence-electron chi connectivity index (χ3n) is 5.44. The summed E-state index contributed by atoms with van der Waals surface area (Å²) >= 11 is 1.21. The van der Waals surface area contributed by atoms with Crippen molar-refractivity contribution in [2.75, 3.05) is 20.0 Å². The number of hydrogen-bond acceptors (Lipinski definition) is 6. The molecule has 1 N–H and O–H groups in total. The van der Waals surface area contributed by atoms with Gasteiger partial charge in [-0.2, -0.15) is 5.26 Å². The second kappa shape index (κ2) is 7.67. The highest BCUT2D eigenvalue weighted by molar-refractivity contribution is 8.03. The van der Waals surface area contributed by atoms with Crippen LogP contribution in [0.25, 0.3) is 0 Å². The summed E-state index contributed by atoms with van der Waals surface area (Å²) in [7, 11) is 2.99. The van der Waals surface area contributed by atoms with Gasteiger partial charge in [0.15, 0.2) is 17.2 Å². The van der Waals surface area contributed by atoms with Crippen LogP contribution in [0.5, 0.6) is 11.5 Å². The Hall–Kier alpha value is -3.02. The topological polar surface area (TPSA) is 82.8 Å². The lowest BCUT2D eigenvalue weighted by Crippen LogP contribution is -2.48. The van der Waals surface area contributed by atoms with Crippen LogP contribution in [0.4, 0.5) is 4.39 Å². The number of allylic oxidation sites excluding steroid dienone is 1. The molecule has 6 nitrogen and oxygen atoms in total. The lowest BCUT2D eigenvalue weighted by Gasteiger charge is -2.38. The average molecular weight is 426 g/mol. The standard InChI is InChI=1S/C22H19FN2O4S/c1-28-18-8-7-13(9-19(18)29-2)22(27)12-30-21-16(11-24)15(10-20(26)25(21)22)14-5-3-4-6-17(14)23/h3-9,15,27H,10,12H2,1-2H3/t15-,22+/m0/s1. The van der Waals surface area contributed by atoms with E-state index in [-0.39, 0.29) is 23.7 Å². The van der Waals surface area contributed by atoms with Gasteiger partial charge in [0.1, 0.15) is 5.82 Å². The van der Waals surface area contributed by atoms with Crippen LogP contribution in [-0.4, -0.2) is 35.9 Å². The van der Waals surface area contributed by atoms with Gasteiger partial charge in [-0.1, -0.05) is 24.3 Å². The average Bonchev–Trinajstić information content (AvgIpc) is 3.12. The normalized spacial score (nSPS) is 23.2. The zero-order chi connectivity index (χ0) is 21.5. The molecule has 2 aromatic carbocycles. The van der Waals surface area contributed by atoms with E-state index in [9.17, 15) is 19.6 Å². The molecule has 4 rings (SSSR count). The predicted octanol–water partition coefficient (Wildman–Crippen LogP) is 3.49. The van der Waals surface area contributed by atoms with Gasteiger partial charge >= 0.3 is 0 Å². The number of nitriles is 1. The second-order valence-electron chi connectivity index (χ2n) is 7.01. The van der Waals surface area contributed by atoms with Gasteiger partial charge in [-0.25, -0.2) is 4.39 Å². The first-order chi connectivity index (χ1) is 14.4. The van der Waals surface area contributed by atoms with Crippen LogP contribution in [0, 0.1) is 17.1 Å². The number of carbonyl (C=O) groups excluding carboxylic acids is 1. The van der Waals surface area contributed by atoms with Crippen LogP contribution in [0.3, 0.4) is 0 Å². The first-order valence-corrected chi connectivity index (χ1v) is 10.2. The van der Waals surface area contributed by atoms with Gasteiger partial charge in [0, 0.05) is 17.9 Å². The number of fused-ring (bicyclic) bond motifs is 1. The largest absolute Gasteiger partial charge is 0.493 e. The van der Waals surface area contributed by atoms with Crippen LogP contribution in [-0.2, 0) is 10.5 Å². The van der Waals surface area contributed by atoms with Crippen molar-refractivity contribution in [3.63, 3.8) is 0 Å². The van der Waals surface area contributed by atoms with Crippen molar-refractivity contribution in [3.05, 3.63) is 70.0 Å². The van der Waals surface area contributed by atoms with Gasteiger partial charge in [-0.05, 0) is 23.8 Å². The number of nitrogens with zero attached hydrogens (tertiary/aromatic N) is 2. The predicted molar refractivity (Wildman–Crippen MR) is 109 cm³/mol. The first-order valence-electron chi connectivity index (χ1n) is 9.24. The van der Waals surface area contributed by atoms with Gasteiger partial charge in [-0.15, -0.1) is 11.8 Å². The Balaban J connectivity index is 1.81. The Morgan fingerprint density at radius 3 is 2.63 bits per heavy atom. The maximum absolute atomic E-state index is 14.4. The molecule has 8 heteroatoms. The highest BCUT2D eigenvalue weighted by atomic mass is 32.2. The summed E-state index contributed by atoms with van der Waals surface area (Å²) in [5.41, 5.74) is -0.630. The van der Waals surface area contributed by atoms with E-state index in [1.807, 2.05) is 0 Å². The number of methoxy groups -OCH3 is 2. The first kappa shape index (κ1) is 20.3. The van der Waals surface area contributed by atoms with Crippen LogP contribution >= 0.6 is 11.8 Å². The molecule has 1 saturated heterocycles. The molecule has 1 fully saturated rings. The van der Waals surface area contributed by atoms with E-state index in [2.05, 4.69) is 6.07 Å². The summed E-state index contributed by atoms with van der Waals surface area (Å²) in [6, 6.07) is 13.2. The fourth-order valence-corrected chi connectivity index (χ4v) is 5.31. The smallest absolute Gasteiger partial charge is 0.231 e. The number of amides is 1. The lowest BCUT2D eigenvalue weighted by molar-refractivity contribution is -0.149. The quantitative estimate of drug-likeness (QED) is 0.806. The molecule has 154 valence electrons. The summed E-state index contributed by atoms with van der Waals surface area (Å²) in [5.74, 6) is -0.475. The van der Waals surface area contributed by atoms with Gasteiger partial charge in [0.25, 0.3) is 0 Å².